The number of hydrogen-bond acceptors (Lipinski definition) is 4. The Morgan fingerprint density at radius 1 is 1.17 bits per heavy atom. The van der Waals surface area contributed by atoms with Gasteiger partial charge in [0.05, 0.1) is 12.7 Å². The van der Waals surface area contributed by atoms with Gasteiger partial charge in [-0.2, -0.15) is 18.3 Å². The van der Waals surface area contributed by atoms with E-state index < -0.39 is 11.7 Å². The fraction of sp³-hybridized carbons (Fsp3) is 0.294. The first-order valence-electron chi connectivity index (χ1n) is 7.34. The largest absolute Gasteiger partial charge is 0.497 e. The Labute approximate surface area is 138 Å². The summed E-state index contributed by atoms with van der Waals surface area (Å²) in [7, 11) is 1.62. The molecule has 1 aromatic carbocycles. The maximum atomic E-state index is 12.4. The normalized spacial score (nSPS) is 12.1. The van der Waals surface area contributed by atoms with Crippen molar-refractivity contribution in [3.8, 4) is 5.75 Å². The Morgan fingerprint density at radius 2 is 1.88 bits per heavy atom. The fourth-order valence-corrected chi connectivity index (χ4v) is 1.95. The maximum absolute atomic E-state index is 12.4. The number of nitrogens with zero attached hydrogens (tertiary/aromatic N) is 2. The van der Waals surface area contributed by atoms with E-state index in [9.17, 15) is 13.2 Å². The molecular weight excluding hydrogens is 319 g/mol. The van der Waals surface area contributed by atoms with Crippen molar-refractivity contribution in [3.05, 3.63) is 53.7 Å². The van der Waals surface area contributed by atoms with Gasteiger partial charge in [-0.3, -0.25) is 5.43 Å². The minimum atomic E-state index is -4.39. The van der Waals surface area contributed by atoms with Crippen molar-refractivity contribution in [2.75, 3.05) is 12.5 Å². The Hall–Kier alpha value is -2.57. The Kier molecular flexibility index (Phi) is 5.78. The summed E-state index contributed by atoms with van der Waals surface area (Å²) in [6.07, 6.45) is -2.07. The van der Waals surface area contributed by atoms with E-state index in [1.807, 2.05) is 31.2 Å². The molecule has 0 atom stereocenters. The predicted octanol–water partition coefficient (Wildman–Crippen LogP) is 4.53. The van der Waals surface area contributed by atoms with E-state index in [1.54, 1.807) is 7.11 Å². The quantitative estimate of drug-likeness (QED) is 0.622. The summed E-state index contributed by atoms with van der Waals surface area (Å²) in [6.45, 7) is 1.85. The van der Waals surface area contributed by atoms with Crippen molar-refractivity contribution in [2.45, 2.75) is 25.9 Å². The molecule has 0 spiro atoms. The van der Waals surface area contributed by atoms with Crippen LogP contribution >= 0.6 is 0 Å². The molecule has 0 saturated carbocycles. The molecule has 0 fully saturated rings. The van der Waals surface area contributed by atoms with E-state index in [4.69, 9.17) is 4.74 Å². The highest BCUT2D eigenvalue weighted by Crippen LogP contribution is 2.28. The third-order valence-electron chi connectivity index (χ3n) is 3.39. The number of pyridine rings is 1. The molecule has 4 nitrogen and oxygen atoms in total. The Balaban J connectivity index is 1.86. The van der Waals surface area contributed by atoms with E-state index >= 15 is 0 Å². The number of aromatic nitrogens is 1. The second-order valence-electron chi connectivity index (χ2n) is 5.24. The molecule has 0 bridgehead atoms. The van der Waals surface area contributed by atoms with E-state index in [0.29, 0.717) is 0 Å². The van der Waals surface area contributed by atoms with Gasteiger partial charge in [0.15, 0.2) is 0 Å². The van der Waals surface area contributed by atoms with Crippen molar-refractivity contribution in [1.82, 2.24) is 4.98 Å². The number of nitrogens with one attached hydrogen (secondary N) is 1. The van der Waals surface area contributed by atoms with Gasteiger partial charge in [-0.1, -0.05) is 12.1 Å². The van der Waals surface area contributed by atoms with Crippen molar-refractivity contribution in [2.24, 2.45) is 5.10 Å². The molecule has 2 rings (SSSR count). The molecule has 1 heterocycles. The molecule has 0 aliphatic rings. The average molecular weight is 337 g/mol. The molecule has 0 aliphatic carbocycles. The molecule has 128 valence electrons. The van der Waals surface area contributed by atoms with Crippen LogP contribution in [0.15, 0.2) is 47.7 Å². The van der Waals surface area contributed by atoms with Crippen LogP contribution in [0.1, 0.15) is 24.5 Å². The summed E-state index contributed by atoms with van der Waals surface area (Å²) in [5, 5.41) is 4.13. The maximum Gasteiger partial charge on any atom is 0.417 e. The lowest BCUT2D eigenvalue weighted by molar-refractivity contribution is -0.137. The summed E-state index contributed by atoms with van der Waals surface area (Å²) in [6, 6.07) is 9.98. The molecule has 0 aliphatic heterocycles. The molecule has 24 heavy (non-hydrogen) atoms. The monoisotopic (exact) mass is 337 g/mol. The highest BCUT2D eigenvalue weighted by Gasteiger charge is 2.30. The zero-order valence-corrected chi connectivity index (χ0v) is 13.4. The van der Waals surface area contributed by atoms with Gasteiger partial charge in [0, 0.05) is 11.9 Å². The zero-order chi connectivity index (χ0) is 17.6. The van der Waals surface area contributed by atoms with Crippen LogP contribution in [0.4, 0.5) is 19.0 Å². The molecule has 0 amide bonds. The van der Waals surface area contributed by atoms with Gasteiger partial charge in [0.1, 0.15) is 11.6 Å². The van der Waals surface area contributed by atoms with Gasteiger partial charge in [-0.25, -0.2) is 4.98 Å². The van der Waals surface area contributed by atoms with Gasteiger partial charge in [-0.15, -0.1) is 0 Å². The van der Waals surface area contributed by atoms with Crippen LogP contribution in [-0.4, -0.2) is 17.8 Å². The van der Waals surface area contributed by atoms with Gasteiger partial charge >= 0.3 is 6.18 Å². The summed E-state index contributed by atoms with van der Waals surface area (Å²) < 4.78 is 42.4. The van der Waals surface area contributed by atoms with E-state index in [-0.39, 0.29) is 5.82 Å². The van der Waals surface area contributed by atoms with Crippen LogP contribution < -0.4 is 10.2 Å². The number of hydrazone groups is 1. The SMILES string of the molecule is COc1ccc(CC/C(C)=N\Nc2ccc(C(F)(F)F)cn2)cc1. The molecular formula is C17H18F3N3O. The lowest BCUT2D eigenvalue weighted by Gasteiger charge is -2.07. The number of methoxy groups -OCH3 is 1. The lowest BCUT2D eigenvalue weighted by Crippen LogP contribution is -2.06. The number of benzene rings is 1. The standard InChI is InChI=1S/C17H18F3N3O/c1-12(3-4-13-5-8-15(24-2)9-6-13)22-23-16-10-7-14(11-21-16)17(18,19)20/h5-11H,3-4H2,1-2H3,(H,21,23)/b22-12-. The topological polar surface area (TPSA) is 46.5 Å². The first kappa shape index (κ1) is 17.8. The van der Waals surface area contributed by atoms with E-state index in [1.165, 1.54) is 6.07 Å². The average Bonchev–Trinajstić information content (AvgIpc) is 2.58. The van der Waals surface area contributed by atoms with Gasteiger partial charge in [0.25, 0.3) is 0 Å². The molecule has 1 N–H and O–H groups in total. The second-order valence-corrected chi connectivity index (χ2v) is 5.24. The predicted molar refractivity (Wildman–Crippen MR) is 87.3 cm³/mol. The Bertz CT molecular complexity index is 680. The first-order valence-corrected chi connectivity index (χ1v) is 7.34. The number of ether oxygens (including phenoxy) is 1. The third kappa shape index (κ3) is 5.26. The van der Waals surface area contributed by atoms with Gasteiger partial charge < -0.3 is 4.74 Å². The molecule has 1 aromatic heterocycles. The molecule has 0 saturated heterocycles. The van der Waals surface area contributed by atoms with E-state index in [0.717, 1.165) is 42.1 Å². The van der Waals surface area contributed by atoms with Crippen LogP contribution in [-0.2, 0) is 12.6 Å². The number of aryl methyl sites for hydroxylation is 1. The second kappa shape index (κ2) is 7.81. The smallest absolute Gasteiger partial charge is 0.417 e. The summed E-state index contributed by atoms with van der Waals surface area (Å²) >= 11 is 0. The van der Waals surface area contributed by atoms with Gasteiger partial charge in [0.2, 0.25) is 0 Å². The van der Waals surface area contributed by atoms with Gasteiger partial charge in [-0.05, 0) is 49.6 Å². The van der Waals surface area contributed by atoms with Crippen molar-refractivity contribution >= 4 is 11.5 Å². The summed E-state index contributed by atoms with van der Waals surface area (Å²) in [5.74, 6) is 1.07. The molecule has 7 heteroatoms. The number of hydrogen-bond donors (Lipinski definition) is 1. The number of alkyl halides is 3. The lowest BCUT2D eigenvalue weighted by atomic mass is 10.1. The van der Waals surface area contributed by atoms with Crippen molar-refractivity contribution in [3.63, 3.8) is 0 Å². The van der Waals surface area contributed by atoms with Crippen LogP contribution in [0.2, 0.25) is 0 Å². The molecule has 2 aromatic rings. The van der Waals surface area contributed by atoms with Crippen molar-refractivity contribution in [1.29, 1.82) is 0 Å². The van der Waals surface area contributed by atoms with Crippen LogP contribution in [0, 0.1) is 0 Å². The zero-order valence-electron chi connectivity index (χ0n) is 13.4. The molecule has 0 unspecified atom stereocenters. The number of rotatable bonds is 6. The van der Waals surface area contributed by atoms with E-state index in [2.05, 4.69) is 15.5 Å². The highest BCUT2D eigenvalue weighted by atomic mass is 19.4. The summed E-state index contributed by atoms with van der Waals surface area (Å²) in [4.78, 5) is 3.70. The third-order valence-corrected chi connectivity index (χ3v) is 3.39. The minimum Gasteiger partial charge on any atom is -0.497 e. The Morgan fingerprint density at radius 3 is 2.42 bits per heavy atom. The fourth-order valence-electron chi connectivity index (χ4n) is 1.95. The number of anilines is 1. The van der Waals surface area contributed by atoms with Crippen LogP contribution in [0.3, 0.4) is 0 Å². The number of halogens is 3. The van der Waals surface area contributed by atoms with Crippen LogP contribution in [0.5, 0.6) is 5.75 Å². The van der Waals surface area contributed by atoms with Crippen molar-refractivity contribution < 1.29 is 17.9 Å². The van der Waals surface area contributed by atoms with Crippen LogP contribution in [0.25, 0.3) is 0 Å². The summed E-state index contributed by atoms with van der Waals surface area (Å²) in [5.41, 5.74) is 3.86. The molecule has 0 radical (unpaired) electrons. The first-order chi connectivity index (χ1) is 11.4. The highest BCUT2D eigenvalue weighted by molar-refractivity contribution is 5.82. The minimum absolute atomic E-state index is 0.270.